The molecule has 1 aliphatic rings. The Morgan fingerprint density at radius 2 is 2.14 bits per heavy atom. The number of aliphatic hydroxyl groups excluding tert-OH is 1. The molecule has 29 heavy (non-hydrogen) atoms. The topological polar surface area (TPSA) is 74.6 Å². The van der Waals surface area contributed by atoms with Gasteiger partial charge in [-0.1, -0.05) is 30.4 Å². The maximum atomic E-state index is 12.2. The molecule has 1 aromatic carbocycles. The van der Waals surface area contributed by atoms with E-state index >= 15 is 0 Å². The summed E-state index contributed by atoms with van der Waals surface area (Å²) >= 11 is 4.79. The van der Waals surface area contributed by atoms with Crippen LogP contribution in [0.1, 0.15) is 24.8 Å². The first-order valence-electron chi connectivity index (χ1n) is 9.80. The number of carbonyl (C=O) groups excluding carboxylic acids is 1. The Balaban J connectivity index is 1.47. The number of allylic oxidation sites excluding steroid dienone is 1. The lowest BCUT2D eigenvalue weighted by Gasteiger charge is -2.15. The zero-order chi connectivity index (χ0) is 20.6. The Labute approximate surface area is 183 Å². The normalized spacial score (nSPS) is 20.7. The van der Waals surface area contributed by atoms with Crippen molar-refractivity contribution in [2.24, 2.45) is 5.92 Å². The Hall–Kier alpha value is -1.28. The molecule has 2 N–H and O–H groups in total. The Morgan fingerprint density at radius 3 is 2.97 bits per heavy atom. The molecule has 1 aromatic heterocycles. The van der Waals surface area contributed by atoms with Crippen molar-refractivity contribution >= 4 is 56.7 Å². The van der Waals surface area contributed by atoms with Gasteiger partial charge < -0.3 is 10.2 Å². The summed E-state index contributed by atoms with van der Waals surface area (Å²) in [5.74, 6) is 1.47. The van der Waals surface area contributed by atoms with Crippen LogP contribution in [0.4, 0.5) is 0 Å². The van der Waals surface area contributed by atoms with E-state index in [0.29, 0.717) is 18.6 Å². The second-order valence-electron chi connectivity index (χ2n) is 7.17. The number of benzene rings is 1. The number of rotatable bonds is 11. The summed E-state index contributed by atoms with van der Waals surface area (Å²) in [6.45, 7) is 0. The molecule has 0 bridgehead atoms. The van der Waals surface area contributed by atoms with Crippen molar-refractivity contribution in [1.82, 2.24) is 0 Å². The average Bonchev–Trinajstić information content (AvgIpc) is 3.26. The number of thioether (sulfide) groups is 2. The Kier molecular flexibility index (Phi) is 8.66. The lowest BCUT2D eigenvalue weighted by molar-refractivity contribution is -0.133. The summed E-state index contributed by atoms with van der Waals surface area (Å²) in [4.78, 5) is 22.8. The highest BCUT2D eigenvalue weighted by Crippen LogP contribution is 2.34. The molecule has 3 atom stereocenters. The minimum absolute atomic E-state index is 0.0371. The van der Waals surface area contributed by atoms with Crippen molar-refractivity contribution in [1.29, 1.82) is 0 Å². The van der Waals surface area contributed by atoms with E-state index in [-0.39, 0.29) is 16.9 Å². The van der Waals surface area contributed by atoms with Gasteiger partial charge in [-0.15, -0.1) is 23.1 Å². The van der Waals surface area contributed by atoms with Crippen LogP contribution in [0.3, 0.4) is 0 Å². The van der Waals surface area contributed by atoms with E-state index in [1.165, 1.54) is 21.8 Å². The molecule has 3 rings (SSSR count). The van der Waals surface area contributed by atoms with E-state index in [9.17, 15) is 14.7 Å². The monoisotopic (exact) mass is 450 g/mol. The first-order chi connectivity index (χ1) is 14.0. The maximum absolute atomic E-state index is 12.2. The molecule has 0 spiro atoms. The van der Waals surface area contributed by atoms with E-state index in [0.717, 1.165) is 29.9 Å². The van der Waals surface area contributed by atoms with Crippen molar-refractivity contribution in [3.63, 3.8) is 0 Å². The molecule has 1 saturated carbocycles. The van der Waals surface area contributed by atoms with Gasteiger partial charge in [-0.25, -0.2) is 0 Å². The molecule has 0 saturated heterocycles. The number of thiophene rings is 1. The molecular formula is C22H26O4S3. The van der Waals surface area contributed by atoms with Gasteiger partial charge in [0.2, 0.25) is 0 Å². The van der Waals surface area contributed by atoms with E-state index in [4.69, 9.17) is 5.11 Å². The summed E-state index contributed by atoms with van der Waals surface area (Å²) in [5, 5.41) is 22.4. The highest BCUT2D eigenvalue weighted by Gasteiger charge is 2.33. The van der Waals surface area contributed by atoms with E-state index in [1.807, 2.05) is 24.3 Å². The fourth-order valence-electron chi connectivity index (χ4n) is 3.54. The summed E-state index contributed by atoms with van der Waals surface area (Å²) in [6.07, 6.45) is 6.26. The van der Waals surface area contributed by atoms with Crippen LogP contribution in [0.5, 0.6) is 0 Å². The standard InChI is InChI=1S/C22H26O4S3/c23-17(12-16-13-29-20-5-2-1-4-18(16)20)8-6-15-7-9-19(24)22(15)28-11-3-10-27-14-21(25)26/h1-2,4-6,8,13,15,17,22-23H,3,7,9-12,14H2,(H,25,26)/t15-,17?,22+/m0/s1. The van der Waals surface area contributed by atoms with Crippen LogP contribution < -0.4 is 0 Å². The van der Waals surface area contributed by atoms with Gasteiger partial charge in [0.05, 0.1) is 17.1 Å². The van der Waals surface area contributed by atoms with Crippen LogP contribution in [-0.2, 0) is 16.0 Å². The number of carboxylic acid groups (broad SMARTS) is 1. The van der Waals surface area contributed by atoms with Crippen LogP contribution >= 0.6 is 34.9 Å². The Morgan fingerprint density at radius 1 is 1.31 bits per heavy atom. The number of ketones is 1. The van der Waals surface area contributed by atoms with E-state index in [2.05, 4.69) is 17.5 Å². The van der Waals surface area contributed by atoms with Crippen molar-refractivity contribution < 1.29 is 19.8 Å². The predicted molar refractivity (Wildman–Crippen MR) is 124 cm³/mol. The van der Waals surface area contributed by atoms with Gasteiger partial charge in [0.15, 0.2) is 0 Å². The molecule has 2 aromatic rings. The fraction of sp³-hybridized carbons (Fsp3) is 0.455. The van der Waals surface area contributed by atoms with Crippen LogP contribution in [-0.4, -0.2) is 50.6 Å². The quantitative estimate of drug-likeness (QED) is 0.383. The van der Waals surface area contributed by atoms with Crippen LogP contribution in [0.2, 0.25) is 0 Å². The number of fused-ring (bicyclic) bond motifs is 1. The van der Waals surface area contributed by atoms with Crippen molar-refractivity contribution in [3.8, 4) is 0 Å². The SMILES string of the molecule is O=C(O)CSCCCS[C@H]1C(=O)CC[C@@H]1C=CC(O)Cc1csc2ccccc12. The van der Waals surface area contributed by atoms with E-state index < -0.39 is 12.1 Å². The van der Waals surface area contributed by atoms with Crippen molar-refractivity contribution in [3.05, 3.63) is 47.4 Å². The number of aliphatic carboxylic acids is 1. The van der Waals surface area contributed by atoms with Crippen LogP contribution in [0, 0.1) is 5.92 Å². The summed E-state index contributed by atoms with van der Waals surface area (Å²) in [5.41, 5.74) is 1.16. The molecular weight excluding hydrogens is 424 g/mol. The lowest BCUT2D eigenvalue weighted by Crippen LogP contribution is -2.17. The second kappa shape index (κ2) is 11.2. The predicted octanol–water partition coefficient (Wildman–Crippen LogP) is 4.65. The molecule has 4 nitrogen and oxygen atoms in total. The van der Waals surface area contributed by atoms with Gasteiger partial charge in [-0.2, -0.15) is 11.8 Å². The number of Topliss-reactive ketones (excluding diaryl/α,β-unsaturated/α-hetero) is 1. The lowest BCUT2D eigenvalue weighted by atomic mass is 10.0. The minimum Gasteiger partial charge on any atom is -0.481 e. The van der Waals surface area contributed by atoms with E-state index in [1.54, 1.807) is 23.1 Å². The van der Waals surface area contributed by atoms with Gasteiger partial charge in [-0.05, 0) is 52.7 Å². The molecule has 1 fully saturated rings. The fourth-order valence-corrected chi connectivity index (χ4v) is 6.71. The van der Waals surface area contributed by atoms with Gasteiger partial charge in [0.25, 0.3) is 0 Å². The summed E-state index contributed by atoms with van der Waals surface area (Å²) in [6, 6.07) is 8.23. The van der Waals surface area contributed by atoms with Gasteiger partial charge >= 0.3 is 5.97 Å². The second-order valence-corrected chi connectivity index (χ2v) is 10.4. The molecule has 0 amide bonds. The molecule has 0 aliphatic heterocycles. The number of carbonyl (C=O) groups is 2. The highest BCUT2D eigenvalue weighted by molar-refractivity contribution is 8.01. The van der Waals surface area contributed by atoms with Gasteiger partial charge in [0.1, 0.15) is 5.78 Å². The Bertz CT molecular complexity index is 861. The number of hydrogen-bond acceptors (Lipinski definition) is 6. The third kappa shape index (κ3) is 6.60. The van der Waals surface area contributed by atoms with Crippen LogP contribution in [0.25, 0.3) is 10.1 Å². The number of hydrogen-bond donors (Lipinski definition) is 2. The number of aliphatic hydroxyl groups is 1. The summed E-state index contributed by atoms with van der Waals surface area (Å²) in [7, 11) is 0. The zero-order valence-electron chi connectivity index (χ0n) is 16.2. The van der Waals surface area contributed by atoms with Crippen molar-refractivity contribution in [2.75, 3.05) is 17.3 Å². The van der Waals surface area contributed by atoms with Gasteiger partial charge in [0, 0.05) is 17.5 Å². The molecule has 156 valence electrons. The van der Waals surface area contributed by atoms with Gasteiger partial charge in [-0.3, -0.25) is 9.59 Å². The van der Waals surface area contributed by atoms with Crippen LogP contribution in [0.15, 0.2) is 41.8 Å². The maximum Gasteiger partial charge on any atom is 0.313 e. The highest BCUT2D eigenvalue weighted by atomic mass is 32.2. The third-order valence-corrected chi connectivity index (χ3v) is 8.49. The first-order valence-corrected chi connectivity index (χ1v) is 12.9. The third-order valence-electron chi connectivity index (χ3n) is 4.96. The number of carboxylic acids is 1. The largest absolute Gasteiger partial charge is 0.481 e. The summed E-state index contributed by atoms with van der Waals surface area (Å²) < 4.78 is 1.23. The van der Waals surface area contributed by atoms with Crippen molar-refractivity contribution in [2.45, 2.75) is 37.0 Å². The molecule has 1 unspecified atom stereocenters. The minimum atomic E-state index is -0.784. The molecule has 7 heteroatoms. The molecule has 0 radical (unpaired) electrons. The first kappa shape index (κ1) is 22.4. The molecule has 1 aliphatic carbocycles. The zero-order valence-corrected chi connectivity index (χ0v) is 18.6. The average molecular weight is 451 g/mol. The smallest absolute Gasteiger partial charge is 0.313 e. The molecule has 1 heterocycles.